The number of pyridine rings is 1. The van der Waals surface area contributed by atoms with Crippen LogP contribution in [0.15, 0.2) is 29.0 Å². The van der Waals surface area contributed by atoms with Crippen LogP contribution in [0.4, 0.5) is 0 Å². The van der Waals surface area contributed by atoms with Gasteiger partial charge in [0.25, 0.3) is 0 Å². The Labute approximate surface area is 88.6 Å². The minimum absolute atomic E-state index is 0.305. The number of fused-ring (bicyclic) bond motifs is 1. The standard InChI is InChI=1S/C9H7BrN2O2/c1-14-9(13)6-5-12-7(10)3-2-4-8(12)11-6/h2-5H,1H3. The van der Waals surface area contributed by atoms with Gasteiger partial charge in [0.15, 0.2) is 5.69 Å². The Bertz CT molecular complexity index is 493. The molecule has 0 aliphatic carbocycles. The fourth-order valence-electron chi connectivity index (χ4n) is 1.18. The molecule has 0 radical (unpaired) electrons. The van der Waals surface area contributed by atoms with Crippen molar-refractivity contribution in [3.05, 3.63) is 34.7 Å². The molecule has 14 heavy (non-hydrogen) atoms. The zero-order valence-electron chi connectivity index (χ0n) is 7.40. The van der Waals surface area contributed by atoms with E-state index in [1.54, 1.807) is 10.6 Å². The van der Waals surface area contributed by atoms with E-state index in [2.05, 4.69) is 25.7 Å². The molecule has 5 heteroatoms. The fourth-order valence-corrected chi connectivity index (χ4v) is 1.62. The second-order valence-corrected chi connectivity index (χ2v) is 3.51. The highest BCUT2D eigenvalue weighted by molar-refractivity contribution is 9.10. The number of hydrogen-bond donors (Lipinski definition) is 0. The van der Waals surface area contributed by atoms with Crippen LogP contribution in [0.3, 0.4) is 0 Å². The second kappa shape index (κ2) is 3.42. The largest absolute Gasteiger partial charge is 0.464 e. The minimum atomic E-state index is -0.430. The Kier molecular flexibility index (Phi) is 2.25. The van der Waals surface area contributed by atoms with E-state index in [4.69, 9.17) is 0 Å². The minimum Gasteiger partial charge on any atom is -0.464 e. The first kappa shape index (κ1) is 9.21. The lowest BCUT2D eigenvalue weighted by molar-refractivity contribution is 0.0595. The molecule has 0 aliphatic rings. The number of methoxy groups -OCH3 is 1. The highest BCUT2D eigenvalue weighted by Gasteiger charge is 2.10. The fraction of sp³-hybridized carbons (Fsp3) is 0.111. The summed E-state index contributed by atoms with van der Waals surface area (Å²) >= 11 is 3.35. The maximum atomic E-state index is 11.2. The van der Waals surface area contributed by atoms with E-state index in [9.17, 15) is 4.79 Å². The molecule has 2 aromatic rings. The van der Waals surface area contributed by atoms with Crippen molar-refractivity contribution in [3.8, 4) is 0 Å². The third-order valence-corrected chi connectivity index (χ3v) is 2.48. The van der Waals surface area contributed by atoms with E-state index in [0.29, 0.717) is 11.3 Å². The van der Waals surface area contributed by atoms with Crippen LogP contribution in [-0.2, 0) is 4.74 Å². The molecular weight excluding hydrogens is 248 g/mol. The normalized spacial score (nSPS) is 10.4. The molecule has 72 valence electrons. The van der Waals surface area contributed by atoms with Crippen LogP contribution in [0.5, 0.6) is 0 Å². The van der Waals surface area contributed by atoms with Crippen molar-refractivity contribution in [1.82, 2.24) is 9.38 Å². The number of halogens is 1. The average molecular weight is 255 g/mol. The second-order valence-electron chi connectivity index (χ2n) is 2.69. The number of aromatic nitrogens is 2. The maximum absolute atomic E-state index is 11.2. The Morgan fingerprint density at radius 3 is 3.00 bits per heavy atom. The SMILES string of the molecule is COC(=O)c1cn2c(Br)cccc2n1. The summed E-state index contributed by atoms with van der Waals surface area (Å²) < 4.78 is 7.19. The van der Waals surface area contributed by atoms with E-state index >= 15 is 0 Å². The van der Waals surface area contributed by atoms with Crippen molar-refractivity contribution >= 4 is 27.5 Å². The van der Waals surface area contributed by atoms with Gasteiger partial charge in [-0.15, -0.1) is 0 Å². The first-order valence-corrected chi connectivity index (χ1v) is 4.73. The molecule has 0 saturated heterocycles. The van der Waals surface area contributed by atoms with Gasteiger partial charge in [0, 0.05) is 6.20 Å². The summed E-state index contributed by atoms with van der Waals surface area (Å²) in [6.07, 6.45) is 1.63. The molecular formula is C9H7BrN2O2. The summed E-state index contributed by atoms with van der Waals surface area (Å²) in [5, 5.41) is 0. The molecule has 0 amide bonds. The predicted octanol–water partition coefficient (Wildman–Crippen LogP) is 1.88. The third kappa shape index (κ3) is 1.39. The zero-order chi connectivity index (χ0) is 10.1. The summed E-state index contributed by atoms with van der Waals surface area (Å²) in [5.74, 6) is -0.430. The Balaban J connectivity index is 2.62. The number of carbonyl (C=O) groups excluding carboxylic acids is 1. The van der Waals surface area contributed by atoms with Crippen molar-refractivity contribution < 1.29 is 9.53 Å². The first-order chi connectivity index (χ1) is 6.72. The van der Waals surface area contributed by atoms with Gasteiger partial charge >= 0.3 is 5.97 Å². The maximum Gasteiger partial charge on any atom is 0.358 e. The molecule has 0 aromatic carbocycles. The highest BCUT2D eigenvalue weighted by atomic mass is 79.9. The van der Waals surface area contributed by atoms with Crippen LogP contribution in [-0.4, -0.2) is 22.5 Å². The van der Waals surface area contributed by atoms with Crippen LogP contribution in [0.1, 0.15) is 10.5 Å². The number of rotatable bonds is 1. The van der Waals surface area contributed by atoms with Crippen LogP contribution in [0.25, 0.3) is 5.65 Å². The van der Waals surface area contributed by atoms with Crippen LogP contribution in [0, 0.1) is 0 Å². The molecule has 0 saturated carbocycles. The Morgan fingerprint density at radius 1 is 1.57 bits per heavy atom. The number of nitrogens with zero attached hydrogens (tertiary/aromatic N) is 2. The van der Waals surface area contributed by atoms with Crippen molar-refractivity contribution in [3.63, 3.8) is 0 Å². The molecule has 0 N–H and O–H groups in total. The Hall–Kier alpha value is -1.36. The number of carbonyl (C=O) groups is 1. The van der Waals surface area contributed by atoms with E-state index in [1.807, 2.05) is 18.2 Å². The molecule has 0 fully saturated rings. The van der Waals surface area contributed by atoms with Crippen LogP contribution in [0.2, 0.25) is 0 Å². The van der Waals surface area contributed by atoms with Crippen molar-refractivity contribution in [1.29, 1.82) is 0 Å². The summed E-state index contributed by atoms with van der Waals surface area (Å²) in [5.41, 5.74) is 1.01. The molecule has 0 aliphatic heterocycles. The summed E-state index contributed by atoms with van der Waals surface area (Å²) in [6, 6.07) is 5.54. The lowest BCUT2D eigenvalue weighted by atomic mass is 10.5. The van der Waals surface area contributed by atoms with Crippen molar-refractivity contribution in [2.75, 3.05) is 7.11 Å². The topological polar surface area (TPSA) is 43.6 Å². The van der Waals surface area contributed by atoms with Gasteiger partial charge in [-0.3, -0.25) is 4.40 Å². The van der Waals surface area contributed by atoms with Crippen LogP contribution >= 0.6 is 15.9 Å². The van der Waals surface area contributed by atoms with Gasteiger partial charge in [0.1, 0.15) is 5.65 Å². The average Bonchev–Trinajstić information content (AvgIpc) is 2.62. The van der Waals surface area contributed by atoms with Gasteiger partial charge in [0.2, 0.25) is 0 Å². The third-order valence-electron chi connectivity index (χ3n) is 1.84. The monoisotopic (exact) mass is 254 g/mol. The lowest BCUT2D eigenvalue weighted by Gasteiger charge is -1.93. The van der Waals surface area contributed by atoms with E-state index < -0.39 is 5.97 Å². The molecule has 2 rings (SSSR count). The van der Waals surface area contributed by atoms with Gasteiger partial charge in [-0.1, -0.05) is 6.07 Å². The highest BCUT2D eigenvalue weighted by Crippen LogP contribution is 2.14. The molecule has 0 spiro atoms. The number of hydrogen-bond acceptors (Lipinski definition) is 3. The molecule has 2 aromatic heterocycles. The Morgan fingerprint density at radius 2 is 2.36 bits per heavy atom. The predicted molar refractivity (Wildman–Crippen MR) is 54.2 cm³/mol. The number of imidazole rings is 1. The molecule has 4 nitrogen and oxygen atoms in total. The van der Waals surface area contributed by atoms with Gasteiger partial charge in [-0.05, 0) is 28.1 Å². The van der Waals surface area contributed by atoms with Gasteiger partial charge in [-0.25, -0.2) is 9.78 Å². The van der Waals surface area contributed by atoms with E-state index in [0.717, 1.165) is 4.60 Å². The van der Waals surface area contributed by atoms with Crippen molar-refractivity contribution in [2.45, 2.75) is 0 Å². The first-order valence-electron chi connectivity index (χ1n) is 3.94. The van der Waals surface area contributed by atoms with Gasteiger partial charge in [0.05, 0.1) is 11.7 Å². The zero-order valence-corrected chi connectivity index (χ0v) is 8.98. The number of ether oxygens (including phenoxy) is 1. The van der Waals surface area contributed by atoms with E-state index in [-0.39, 0.29) is 0 Å². The smallest absolute Gasteiger partial charge is 0.358 e. The van der Waals surface area contributed by atoms with Crippen molar-refractivity contribution in [2.24, 2.45) is 0 Å². The number of esters is 1. The molecule has 0 bridgehead atoms. The van der Waals surface area contributed by atoms with Gasteiger partial charge < -0.3 is 4.74 Å². The summed E-state index contributed by atoms with van der Waals surface area (Å²) in [4.78, 5) is 15.3. The van der Waals surface area contributed by atoms with Gasteiger partial charge in [-0.2, -0.15) is 0 Å². The molecule has 0 atom stereocenters. The van der Waals surface area contributed by atoms with Crippen LogP contribution < -0.4 is 0 Å². The lowest BCUT2D eigenvalue weighted by Crippen LogP contribution is -2.00. The quantitative estimate of drug-likeness (QED) is 0.577. The molecule has 2 heterocycles. The molecule has 0 unspecified atom stereocenters. The summed E-state index contributed by atoms with van der Waals surface area (Å²) in [6.45, 7) is 0. The summed E-state index contributed by atoms with van der Waals surface area (Å²) in [7, 11) is 1.33. The van der Waals surface area contributed by atoms with E-state index in [1.165, 1.54) is 7.11 Å².